The summed E-state index contributed by atoms with van der Waals surface area (Å²) in [6.07, 6.45) is 0. The molecule has 0 bridgehead atoms. The van der Waals surface area contributed by atoms with Gasteiger partial charge in [0.15, 0.2) is 0 Å². The van der Waals surface area contributed by atoms with Crippen LogP contribution in [-0.4, -0.2) is 12.5 Å². The molecule has 0 atom stereocenters. The van der Waals surface area contributed by atoms with Crippen molar-refractivity contribution >= 4 is 17.5 Å². The van der Waals surface area contributed by atoms with Crippen LogP contribution in [0.4, 0.5) is 8.78 Å². The largest absolute Gasteiger partial charge is 0.341 e. The minimum atomic E-state index is -0.907. The zero-order valence-corrected chi connectivity index (χ0v) is 11.5. The molecule has 21 heavy (non-hydrogen) atoms. The molecule has 0 aliphatic carbocycles. The minimum Gasteiger partial charge on any atom is -0.341 e. The first-order chi connectivity index (χ1) is 10.1. The Hall–Kier alpha value is -2.38. The Morgan fingerprint density at radius 2 is 1.81 bits per heavy atom. The fourth-order valence-electron chi connectivity index (χ4n) is 1.64. The molecule has 0 radical (unpaired) electrons. The zero-order chi connectivity index (χ0) is 15.2. The summed E-state index contributed by atoms with van der Waals surface area (Å²) >= 11 is 5.80. The number of halogens is 3. The standard InChI is InChI=1S/C16H10ClF2NO/c17-12-6-1-4-11(10-12)5-3-9-20-16(21)15-13(18)7-2-8-14(15)19/h1-2,4,6-8,10H,9H2,(H,20,21). The first-order valence-electron chi connectivity index (χ1n) is 6.04. The maximum absolute atomic E-state index is 13.4. The Bertz CT molecular complexity index is 714. The molecule has 0 heterocycles. The maximum Gasteiger partial charge on any atom is 0.258 e. The average molecular weight is 306 g/mol. The number of carbonyl (C=O) groups is 1. The van der Waals surface area contributed by atoms with Gasteiger partial charge in [-0.25, -0.2) is 8.78 Å². The molecule has 1 N–H and O–H groups in total. The van der Waals surface area contributed by atoms with Crippen LogP contribution < -0.4 is 5.32 Å². The highest BCUT2D eigenvalue weighted by atomic mass is 35.5. The quantitative estimate of drug-likeness (QED) is 0.847. The molecule has 0 unspecified atom stereocenters. The van der Waals surface area contributed by atoms with Crippen LogP contribution >= 0.6 is 11.6 Å². The van der Waals surface area contributed by atoms with Crippen LogP contribution in [0.25, 0.3) is 0 Å². The third-order valence-corrected chi connectivity index (χ3v) is 2.82. The lowest BCUT2D eigenvalue weighted by atomic mass is 10.2. The van der Waals surface area contributed by atoms with Crippen molar-refractivity contribution in [1.29, 1.82) is 0 Å². The van der Waals surface area contributed by atoms with E-state index in [0.717, 1.165) is 12.1 Å². The third kappa shape index (κ3) is 4.04. The van der Waals surface area contributed by atoms with E-state index in [4.69, 9.17) is 11.6 Å². The summed E-state index contributed by atoms with van der Waals surface area (Å²) in [5.74, 6) is 2.81. The minimum absolute atomic E-state index is 0.0286. The molecule has 2 aromatic rings. The number of hydrogen-bond donors (Lipinski definition) is 1. The number of benzene rings is 2. The van der Waals surface area contributed by atoms with E-state index in [1.165, 1.54) is 6.07 Å². The van der Waals surface area contributed by atoms with E-state index in [1.807, 2.05) is 0 Å². The van der Waals surface area contributed by atoms with Gasteiger partial charge in [0.2, 0.25) is 0 Å². The van der Waals surface area contributed by atoms with E-state index < -0.39 is 23.1 Å². The van der Waals surface area contributed by atoms with E-state index in [0.29, 0.717) is 10.6 Å². The van der Waals surface area contributed by atoms with Crippen molar-refractivity contribution in [1.82, 2.24) is 5.32 Å². The van der Waals surface area contributed by atoms with Crippen LogP contribution in [0, 0.1) is 23.5 Å². The van der Waals surface area contributed by atoms with Gasteiger partial charge in [-0.15, -0.1) is 0 Å². The second kappa shape index (κ2) is 6.87. The highest BCUT2D eigenvalue weighted by Crippen LogP contribution is 2.11. The lowest BCUT2D eigenvalue weighted by Crippen LogP contribution is -2.25. The lowest BCUT2D eigenvalue weighted by molar-refractivity contribution is 0.0950. The van der Waals surface area contributed by atoms with Gasteiger partial charge in [-0.2, -0.15) is 0 Å². The summed E-state index contributed by atoms with van der Waals surface area (Å²) in [7, 11) is 0. The SMILES string of the molecule is O=C(NCC#Cc1cccc(Cl)c1)c1c(F)cccc1F. The molecule has 0 aliphatic heterocycles. The molecule has 0 saturated heterocycles. The van der Waals surface area contributed by atoms with Gasteiger partial charge >= 0.3 is 0 Å². The van der Waals surface area contributed by atoms with Gasteiger partial charge in [0.05, 0.1) is 6.54 Å². The molecule has 0 spiro atoms. The highest BCUT2D eigenvalue weighted by molar-refractivity contribution is 6.30. The van der Waals surface area contributed by atoms with E-state index in [2.05, 4.69) is 17.2 Å². The number of rotatable bonds is 2. The molecular formula is C16H10ClF2NO. The van der Waals surface area contributed by atoms with Crippen LogP contribution in [0.15, 0.2) is 42.5 Å². The molecule has 2 rings (SSSR count). The molecule has 2 nitrogen and oxygen atoms in total. The lowest BCUT2D eigenvalue weighted by Gasteiger charge is -2.03. The smallest absolute Gasteiger partial charge is 0.258 e. The Kier molecular flexibility index (Phi) is 4.91. The zero-order valence-electron chi connectivity index (χ0n) is 10.8. The van der Waals surface area contributed by atoms with Crippen molar-refractivity contribution in [2.45, 2.75) is 0 Å². The predicted molar refractivity (Wildman–Crippen MR) is 77.0 cm³/mol. The Balaban J connectivity index is 2.00. The molecule has 2 aromatic carbocycles. The van der Waals surface area contributed by atoms with Crippen molar-refractivity contribution in [3.8, 4) is 11.8 Å². The third-order valence-electron chi connectivity index (χ3n) is 2.58. The van der Waals surface area contributed by atoms with Crippen LogP contribution in [-0.2, 0) is 0 Å². The number of hydrogen-bond acceptors (Lipinski definition) is 1. The van der Waals surface area contributed by atoms with Gasteiger partial charge < -0.3 is 5.32 Å². The summed E-state index contributed by atoms with van der Waals surface area (Å²) in [4.78, 5) is 11.7. The molecule has 0 aromatic heterocycles. The van der Waals surface area contributed by atoms with Crippen LogP contribution in [0.5, 0.6) is 0 Å². The molecule has 106 valence electrons. The van der Waals surface area contributed by atoms with E-state index >= 15 is 0 Å². The van der Waals surface area contributed by atoms with Gasteiger partial charge in [0.1, 0.15) is 17.2 Å². The summed E-state index contributed by atoms with van der Waals surface area (Å²) in [6, 6.07) is 10.1. The maximum atomic E-state index is 13.4. The van der Waals surface area contributed by atoms with Crippen molar-refractivity contribution in [3.63, 3.8) is 0 Å². The fraction of sp³-hybridized carbons (Fsp3) is 0.0625. The molecular weight excluding hydrogens is 296 g/mol. The summed E-state index contributed by atoms with van der Waals surface area (Å²) in [6.45, 7) is -0.0286. The van der Waals surface area contributed by atoms with Crippen molar-refractivity contribution in [2.75, 3.05) is 6.54 Å². The van der Waals surface area contributed by atoms with Crippen molar-refractivity contribution in [3.05, 3.63) is 70.2 Å². The van der Waals surface area contributed by atoms with Gasteiger partial charge in [0, 0.05) is 10.6 Å². The van der Waals surface area contributed by atoms with E-state index in [1.54, 1.807) is 24.3 Å². The normalized spacial score (nSPS) is 9.67. The number of nitrogens with one attached hydrogen (secondary N) is 1. The average Bonchev–Trinajstić information content (AvgIpc) is 2.43. The van der Waals surface area contributed by atoms with Crippen LogP contribution in [0.3, 0.4) is 0 Å². The molecule has 0 fully saturated rings. The fourth-order valence-corrected chi connectivity index (χ4v) is 1.83. The van der Waals surface area contributed by atoms with Gasteiger partial charge in [0.25, 0.3) is 5.91 Å². The second-order valence-corrected chi connectivity index (χ2v) is 4.53. The first kappa shape index (κ1) is 15.0. The van der Waals surface area contributed by atoms with Crippen molar-refractivity contribution in [2.24, 2.45) is 0 Å². The highest BCUT2D eigenvalue weighted by Gasteiger charge is 2.15. The van der Waals surface area contributed by atoms with Gasteiger partial charge in [-0.1, -0.05) is 35.6 Å². The Morgan fingerprint density at radius 3 is 2.48 bits per heavy atom. The Morgan fingerprint density at radius 1 is 1.14 bits per heavy atom. The van der Waals surface area contributed by atoms with Crippen LogP contribution in [0.2, 0.25) is 5.02 Å². The van der Waals surface area contributed by atoms with E-state index in [9.17, 15) is 13.6 Å². The van der Waals surface area contributed by atoms with E-state index in [-0.39, 0.29) is 6.54 Å². The molecule has 5 heteroatoms. The topological polar surface area (TPSA) is 29.1 Å². The van der Waals surface area contributed by atoms with Gasteiger partial charge in [-0.3, -0.25) is 4.79 Å². The molecule has 0 aliphatic rings. The monoisotopic (exact) mass is 305 g/mol. The van der Waals surface area contributed by atoms with Crippen molar-refractivity contribution < 1.29 is 13.6 Å². The molecule has 0 saturated carbocycles. The number of carbonyl (C=O) groups excluding carboxylic acids is 1. The first-order valence-corrected chi connectivity index (χ1v) is 6.42. The van der Waals surface area contributed by atoms with Gasteiger partial charge in [-0.05, 0) is 30.3 Å². The second-order valence-electron chi connectivity index (χ2n) is 4.09. The predicted octanol–water partition coefficient (Wildman–Crippen LogP) is 3.40. The summed E-state index contributed by atoms with van der Waals surface area (Å²) in [5, 5.41) is 2.89. The summed E-state index contributed by atoms with van der Waals surface area (Å²) in [5.41, 5.74) is 0.0795. The van der Waals surface area contributed by atoms with Crippen LogP contribution in [0.1, 0.15) is 15.9 Å². The Labute approximate surface area is 125 Å². The molecule has 1 amide bonds. The number of amides is 1. The summed E-state index contributed by atoms with van der Waals surface area (Å²) < 4.78 is 26.7.